The third kappa shape index (κ3) is 5.23. The third-order valence-corrected chi connectivity index (χ3v) is 10.1. The van der Waals surface area contributed by atoms with Crippen molar-refractivity contribution in [2.24, 2.45) is 0 Å². The van der Waals surface area contributed by atoms with Crippen LogP contribution >= 0.6 is 67.9 Å². The van der Waals surface area contributed by atoms with E-state index in [1.165, 1.54) is 60.0 Å². The van der Waals surface area contributed by atoms with Gasteiger partial charge >= 0.3 is 0 Å². The van der Waals surface area contributed by atoms with Crippen molar-refractivity contribution in [2.75, 3.05) is 0 Å². The molecule has 0 spiro atoms. The Labute approximate surface area is 247 Å². The molecule has 2 heterocycles. The summed E-state index contributed by atoms with van der Waals surface area (Å²) in [5, 5.41) is 0. The second kappa shape index (κ2) is 10.6. The molecule has 0 aliphatic carbocycles. The number of hydrogen-bond acceptors (Lipinski definition) is 2. The molecule has 0 N–H and O–H groups in total. The Morgan fingerprint density at radius 2 is 0.528 bits per heavy atom. The van der Waals surface area contributed by atoms with Gasteiger partial charge in [0.15, 0.2) is 0 Å². The van der Waals surface area contributed by atoms with E-state index in [-0.39, 0.29) is 0 Å². The molecule has 0 fully saturated rings. The van der Waals surface area contributed by atoms with Crippen LogP contribution in [0.3, 0.4) is 0 Å². The van der Waals surface area contributed by atoms with E-state index in [0.717, 1.165) is 0 Å². The van der Waals surface area contributed by atoms with Crippen molar-refractivity contribution in [3.63, 3.8) is 0 Å². The SMILES string of the molecule is Ic1ccc(-c2ccc(-c3ccc(-c4ccc(-c5ccc(-c6ccc(I)cc6)cc5)s4)s3)cc2)cc1. The summed E-state index contributed by atoms with van der Waals surface area (Å²) in [6.45, 7) is 0. The fourth-order valence-electron chi connectivity index (χ4n) is 4.19. The molecule has 0 radical (unpaired) electrons. The molecular formula is C32H20I2S2. The van der Waals surface area contributed by atoms with E-state index in [4.69, 9.17) is 0 Å². The highest BCUT2D eigenvalue weighted by atomic mass is 127. The van der Waals surface area contributed by atoms with Crippen LogP contribution in [0, 0.1) is 7.14 Å². The molecule has 4 aromatic carbocycles. The first-order valence-electron chi connectivity index (χ1n) is 11.6. The maximum absolute atomic E-state index is 2.35. The topological polar surface area (TPSA) is 0 Å². The molecule has 0 aliphatic heterocycles. The van der Waals surface area contributed by atoms with Gasteiger partial charge in [0.05, 0.1) is 0 Å². The minimum absolute atomic E-state index is 1.25. The lowest BCUT2D eigenvalue weighted by atomic mass is 10.0. The highest BCUT2D eigenvalue weighted by Gasteiger charge is 2.10. The van der Waals surface area contributed by atoms with Crippen LogP contribution in [0.5, 0.6) is 0 Å². The summed E-state index contributed by atoms with van der Waals surface area (Å²) in [4.78, 5) is 5.24. The van der Waals surface area contributed by atoms with Crippen LogP contribution in [0.4, 0.5) is 0 Å². The molecule has 174 valence electrons. The van der Waals surface area contributed by atoms with Crippen LogP contribution in [-0.4, -0.2) is 0 Å². The number of benzene rings is 4. The number of halogens is 2. The van der Waals surface area contributed by atoms with Gasteiger partial charge < -0.3 is 0 Å². The lowest BCUT2D eigenvalue weighted by molar-refractivity contribution is 1.59. The molecule has 0 nitrogen and oxygen atoms in total. The summed E-state index contributed by atoms with van der Waals surface area (Å²) >= 11 is 8.42. The first-order chi connectivity index (χ1) is 17.6. The van der Waals surface area contributed by atoms with Gasteiger partial charge in [0, 0.05) is 26.6 Å². The highest BCUT2D eigenvalue weighted by Crippen LogP contribution is 2.41. The van der Waals surface area contributed by atoms with Crippen molar-refractivity contribution in [2.45, 2.75) is 0 Å². The molecule has 4 heteroatoms. The lowest BCUT2D eigenvalue weighted by Crippen LogP contribution is -1.79. The Hall–Kier alpha value is -2.26. The van der Waals surface area contributed by atoms with E-state index >= 15 is 0 Å². The van der Waals surface area contributed by atoms with Crippen LogP contribution in [-0.2, 0) is 0 Å². The van der Waals surface area contributed by atoms with Crippen molar-refractivity contribution >= 4 is 67.9 Å². The number of hydrogen-bond donors (Lipinski definition) is 0. The average molecular weight is 722 g/mol. The zero-order valence-corrected chi connectivity index (χ0v) is 25.1. The minimum Gasteiger partial charge on any atom is -0.134 e. The van der Waals surface area contributed by atoms with E-state index < -0.39 is 0 Å². The van der Waals surface area contributed by atoms with E-state index in [1.54, 1.807) is 0 Å². The Morgan fingerprint density at radius 1 is 0.278 bits per heavy atom. The van der Waals surface area contributed by atoms with Gasteiger partial charge in [-0.1, -0.05) is 72.8 Å². The quantitative estimate of drug-likeness (QED) is 0.156. The van der Waals surface area contributed by atoms with Gasteiger partial charge in [0.2, 0.25) is 0 Å². The molecule has 0 saturated carbocycles. The maximum Gasteiger partial charge on any atom is 0.0449 e. The van der Waals surface area contributed by atoms with Crippen molar-refractivity contribution in [3.8, 4) is 52.9 Å². The number of rotatable bonds is 5. The average Bonchev–Trinajstić information content (AvgIpc) is 3.60. The van der Waals surface area contributed by atoms with Crippen LogP contribution in [0.15, 0.2) is 121 Å². The summed E-state index contributed by atoms with van der Waals surface area (Å²) in [6, 6.07) is 44.2. The van der Waals surface area contributed by atoms with Gasteiger partial charge in [-0.15, -0.1) is 22.7 Å². The van der Waals surface area contributed by atoms with Crippen LogP contribution < -0.4 is 0 Å². The fourth-order valence-corrected chi connectivity index (χ4v) is 7.02. The van der Waals surface area contributed by atoms with Crippen LogP contribution in [0.2, 0.25) is 0 Å². The smallest absolute Gasteiger partial charge is 0.0449 e. The normalized spacial score (nSPS) is 11.1. The summed E-state index contributed by atoms with van der Waals surface area (Å²) < 4.78 is 2.52. The summed E-state index contributed by atoms with van der Waals surface area (Å²) in [6.07, 6.45) is 0. The Morgan fingerprint density at radius 3 is 0.861 bits per heavy atom. The zero-order valence-electron chi connectivity index (χ0n) is 19.1. The summed E-state index contributed by atoms with van der Waals surface area (Å²) in [5.74, 6) is 0. The van der Waals surface area contributed by atoms with Crippen LogP contribution in [0.25, 0.3) is 52.9 Å². The maximum atomic E-state index is 2.35. The second-order valence-corrected chi connectivity index (χ2v) is 13.2. The first-order valence-corrected chi connectivity index (χ1v) is 15.3. The molecule has 0 aliphatic rings. The van der Waals surface area contributed by atoms with Gasteiger partial charge in [-0.05, 0) is 127 Å². The van der Waals surface area contributed by atoms with Crippen molar-refractivity contribution in [3.05, 3.63) is 128 Å². The van der Waals surface area contributed by atoms with Gasteiger partial charge in [-0.25, -0.2) is 0 Å². The molecule has 0 saturated heterocycles. The minimum atomic E-state index is 1.25. The molecule has 2 aromatic heterocycles. The molecule has 0 amide bonds. The second-order valence-electron chi connectivity index (χ2n) is 8.50. The predicted octanol–water partition coefficient (Wildman–Crippen LogP) is 11.4. The standard InChI is InChI=1S/C32H20I2S2/c33-27-13-9-23(10-14-27)21-1-5-25(6-2-21)29-17-19-31(35-29)32-20-18-30(36-32)26-7-3-22(4-8-26)24-11-15-28(34)16-12-24/h1-20H. The van der Waals surface area contributed by atoms with E-state index in [0.29, 0.717) is 0 Å². The third-order valence-electron chi connectivity index (χ3n) is 6.15. The Balaban J connectivity index is 1.19. The highest BCUT2D eigenvalue weighted by molar-refractivity contribution is 14.1. The van der Waals surface area contributed by atoms with Gasteiger partial charge in [-0.2, -0.15) is 0 Å². The van der Waals surface area contributed by atoms with Gasteiger partial charge in [-0.3, -0.25) is 0 Å². The van der Waals surface area contributed by atoms with Crippen LogP contribution in [0.1, 0.15) is 0 Å². The van der Waals surface area contributed by atoms with Crippen molar-refractivity contribution < 1.29 is 0 Å². The van der Waals surface area contributed by atoms with Gasteiger partial charge in [0.25, 0.3) is 0 Å². The van der Waals surface area contributed by atoms with E-state index in [1.807, 2.05) is 22.7 Å². The zero-order chi connectivity index (χ0) is 24.5. The predicted molar refractivity (Wildman–Crippen MR) is 175 cm³/mol. The molecule has 6 aromatic rings. The molecule has 36 heavy (non-hydrogen) atoms. The molecule has 6 rings (SSSR count). The van der Waals surface area contributed by atoms with Crippen molar-refractivity contribution in [1.29, 1.82) is 0 Å². The Bertz CT molecular complexity index is 1480. The van der Waals surface area contributed by atoms with E-state index in [2.05, 4.69) is 167 Å². The van der Waals surface area contributed by atoms with Gasteiger partial charge in [0.1, 0.15) is 0 Å². The van der Waals surface area contributed by atoms with E-state index in [9.17, 15) is 0 Å². The molecule has 0 atom stereocenters. The molecule has 0 bridgehead atoms. The summed E-state index contributed by atoms with van der Waals surface area (Å²) in [5.41, 5.74) is 7.55. The number of thiophene rings is 2. The van der Waals surface area contributed by atoms with Crippen molar-refractivity contribution in [1.82, 2.24) is 0 Å². The summed E-state index contributed by atoms with van der Waals surface area (Å²) in [7, 11) is 0. The largest absolute Gasteiger partial charge is 0.134 e. The molecule has 0 unspecified atom stereocenters. The first kappa shape index (κ1) is 24.1. The molecular weight excluding hydrogens is 702 g/mol. The Kier molecular flexibility index (Phi) is 7.11. The lowest BCUT2D eigenvalue weighted by Gasteiger charge is -2.04. The fraction of sp³-hybridized carbons (Fsp3) is 0. The monoisotopic (exact) mass is 722 g/mol.